The van der Waals surface area contributed by atoms with E-state index in [1.54, 1.807) is 24.3 Å². The van der Waals surface area contributed by atoms with Crippen molar-refractivity contribution in [3.63, 3.8) is 0 Å². The van der Waals surface area contributed by atoms with Gasteiger partial charge in [0, 0.05) is 13.1 Å². The first kappa shape index (κ1) is 12.1. The Kier molecular flexibility index (Phi) is 3.17. The van der Waals surface area contributed by atoms with Crippen LogP contribution in [0, 0.1) is 5.92 Å². The fraction of sp³-hybridized carbons (Fsp3) is 0.364. The Labute approximate surface area is 100 Å². The van der Waals surface area contributed by atoms with E-state index in [1.807, 2.05) is 6.07 Å². The van der Waals surface area contributed by atoms with Gasteiger partial charge in [-0.05, 0) is 5.56 Å². The lowest BCUT2D eigenvalue weighted by Crippen LogP contribution is -2.54. The van der Waals surface area contributed by atoms with Crippen LogP contribution in [0.1, 0.15) is 5.56 Å². The Bertz CT molecular complexity index is 507. The van der Waals surface area contributed by atoms with E-state index in [0.717, 1.165) is 5.56 Å². The summed E-state index contributed by atoms with van der Waals surface area (Å²) in [4.78, 5) is 10.8. The molecule has 0 spiro atoms. The molecule has 17 heavy (non-hydrogen) atoms. The van der Waals surface area contributed by atoms with E-state index < -0.39 is 15.9 Å². The number of nitrogens with two attached hydrogens (primary N) is 1. The molecule has 0 atom stereocenters. The summed E-state index contributed by atoms with van der Waals surface area (Å²) in [5.41, 5.74) is 5.84. The highest BCUT2D eigenvalue weighted by Gasteiger charge is 2.38. The molecule has 1 aliphatic heterocycles. The number of sulfonamides is 1. The van der Waals surface area contributed by atoms with Crippen LogP contribution in [-0.4, -0.2) is 31.7 Å². The number of benzene rings is 1. The zero-order valence-corrected chi connectivity index (χ0v) is 10.1. The van der Waals surface area contributed by atoms with Crippen LogP contribution < -0.4 is 5.73 Å². The lowest BCUT2D eigenvalue weighted by molar-refractivity contribution is -0.124. The summed E-state index contributed by atoms with van der Waals surface area (Å²) in [6.07, 6.45) is 0. The van der Waals surface area contributed by atoms with Crippen molar-refractivity contribution in [1.29, 1.82) is 0 Å². The molecule has 0 aliphatic carbocycles. The second-order valence-corrected chi connectivity index (χ2v) is 6.13. The number of hydrogen-bond acceptors (Lipinski definition) is 3. The average Bonchev–Trinajstić information content (AvgIpc) is 2.14. The molecule has 5 nitrogen and oxygen atoms in total. The number of carbonyl (C=O) groups excluding carboxylic acids is 1. The Morgan fingerprint density at radius 1 is 1.29 bits per heavy atom. The number of nitrogens with zero attached hydrogens (tertiary/aromatic N) is 1. The smallest absolute Gasteiger partial charge is 0.223 e. The van der Waals surface area contributed by atoms with Crippen LogP contribution in [0.25, 0.3) is 0 Å². The molecule has 1 aromatic carbocycles. The van der Waals surface area contributed by atoms with Crippen molar-refractivity contribution in [1.82, 2.24) is 4.31 Å². The summed E-state index contributed by atoms with van der Waals surface area (Å²) >= 11 is 0. The lowest BCUT2D eigenvalue weighted by atomic mass is 10.0. The predicted octanol–water partition coefficient (Wildman–Crippen LogP) is -0.0665. The monoisotopic (exact) mass is 254 g/mol. The fourth-order valence-corrected chi connectivity index (χ4v) is 3.33. The fourth-order valence-electron chi connectivity index (χ4n) is 1.72. The van der Waals surface area contributed by atoms with Gasteiger partial charge >= 0.3 is 0 Å². The molecule has 1 saturated heterocycles. The Morgan fingerprint density at radius 2 is 1.88 bits per heavy atom. The maximum absolute atomic E-state index is 11.9. The molecule has 1 aromatic rings. The lowest BCUT2D eigenvalue weighted by Gasteiger charge is -2.36. The Balaban J connectivity index is 2.00. The third-order valence-corrected chi connectivity index (χ3v) is 4.62. The third kappa shape index (κ3) is 2.65. The largest absolute Gasteiger partial charge is 0.369 e. The van der Waals surface area contributed by atoms with Crippen LogP contribution in [0.5, 0.6) is 0 Å². The molecule has 6 heteroatoms. The van der Waals surface area contributed by atoms with Crippen LogP contribution >= 0.6 is 0 Å². The zero-order valence-electron chi connectivity index (χ0n) is 9.24. The van der Waals surface area contributed by atoms with Crippen molar-refractivity contribution >= 4 is 15.9 Å². The van der Waals surface area contributed by atoms with E-state index in [0.29, 0.717) is 0 Å². The van der Waals surface area contributed by atoms with Gasteiger partial charge < -0.3 is 5.73 Å². The molecule has 0 unspecified atom stereocenters. The first-order valence-corrected chi connectivity index (χ1v) is 6.91. The van der Waals surface area contributed by atoms with E-state index in [-0.39, 0.29) is 24.8 Å². The Hall–Kier alpha value is -1.40. The van der Waals surface area contributed by atoms with Crippen LogP contribution in [0.4, 0.5) is 0 Å². The Morgan fingerprint density at radius 3 is 2.41 bits per heavy atom. The number of rotatable bonds is 4. The van der Waals surface area contributed by atoms with Gasteiger partial charge in [-0.1, -0.05) is 30.3 Å². The normalized spacial score (nSPS) is 17.6. The topological polar surface area (TPSA) is 80.5 Å². The summed E-state index contributed by atoms with van der Waals surface area (Å²) in [6, 6.07) is 8.97. The number of carbonyl (C=O) groups is 1. The molecule has 1 amide bonds. The third-order valence-electron chi connectivity index (χ3n) is 2.84. The van der Waals surface area contributed by atoms with Gasteiger partial charge in [-0.2, -0.15) is 4.31 Å². The second-order valence-electron chi connectivity index (χ2n) is 4.16. The minimum absolute atomic E-state index is 0.0285. The van der Waals surface area contributed by atoms with Crippen LogP contribution in [-0.2, 0) is 20.6 Å². The molecule has 1 fully saturated rings. The number of hydrogen-bond donors (Lipinski definition) is 1. The van der Waals surface area contributed by atoms with E-state index in [1.165, 1.54) is 4.31 Å². The standard InChI is InChI=1S/C11H14N2O3S/c12-11(14)10-6-13(7-10)17(15,16)8-9-4-2-1-3-5-9/h1-5,10H,6-8H2,(H2,12,14). The maximum Gasteiger partial charge on any atom is 0.223 e. The molecule has 0 bridgehead atoms. The molecule has 2 N–H and O–H groups in total. The van der Waals surface area contributed by atoms with Gasteiger partial charge in [0.05, 0.1) is 11.7 Å². The van der Waals surface area contributed by atoms with E-state index in [2.05, 4.69) is 0 Å². The predicted molar refractivity (Wildman–Crippen MR) is 63.3 cm³/mol. The summed E-state index contributed by atoms with van der Waals surface area (Å²) < 4.78 is 25.1. The van der Waals surface area contributed by atoms with E-state index >= 15 is 0 Å². The van der Waals surface area contributed by atoms with Crippen molar-refractivity contribution in [2.24, 2.45) is 11.7 Å². The molecule has 0 saturated carbocycles. The number of primary amides is 1. The van der Waals surface area contributed by atoms with Gasteiger partial charge in [-0.25, -0.2) is 8.42 Å². The average molecular weight is 254 g/mol. The first-order chi connectivity index (χ1) is 7.99. The van der Waals surface area contributed by atoms with Gasteiger partial charge in [-0.3, -0.25) is 4.79 Å². The summed E-state index contributed by atoms with van der Waals surface area (Å²) in [7, 11) is -3.32. The highest BCUT2D eigenvalue weighted by Crippen LogP contribution is 2.21. The second kappa shape index (κ2) is 4.46. The van der Waals surface area contributed by atoms with Gasteiger partial charge in [0.1, 0.15) is 0 Å². The molecule has 2 rings (SSSR count). The summed E-state index contributed by atoms with van der Waals surface area (Å²) in [6.45, 7) is 0.426. The van der Waals surface area contributed by atoms with Gasteiger partial charge in [0.25, 0.3) is 0 Å². The molecule has 1 heterocycles. The van der Waals surface area contributed by atoms with Gasteiger partial charge in [0.15, 0.2) is 0 Å². The minimum atomic E-state index is -3.32. The molecule has 1 aliphatic rings. The number of amides is 1. The van der Waals surface area contributed by atoms with E-state index in [9.17, 15) is 13.2 Å². The van der Waals surface area contributed by atoms with Gasteiger partial charge in [0.2, 0.25) is 15.9 Å². The summed E-state index contributed by atoms with van der Waals surface area (Å²) in [5.74, 6) is -0.795. The van der Waals surface area contributed by atoms with E-state index in [4.69, 9.17) is 5.73 Å². The van der Waals surface area contributed by atoms with Crippen molar-refractivity contribution in [3.8, 4) is 0 Å². The first-order valence-electron chi connectivity index (χ1n) is 5.30. The molecular weight excluding hydrogens is 240 g/mol. The van der Waals surface area contributed by atoms with Crippen molar-refractivity contribution < 1.29 is 13.2 Å². The summed E-state index contributed by atoms with van der Waals surface area (Å²) in [5, 5.41) is 0. The van der Waals surface area contributed by atoms with Crippen LogP contribution in [0.3, 0.4) is 0 Å². The molecular formula is C11H14N2O3S. The van der Waals surface area contributed by atoms with Crippen LogP contribution in [0.15, 0.2) is 30.3 Å². The minimum Gasteiger partial charge on any atom is -0.369 e. The van der Waals surface area contributed by atoms with Crippen molar-refractivity contribution in [2.75, 3.05) is 13.1 Å². The molecule has 0 aromatic heterocycles. The van der Waals surface area contributed by atoms with Crippen molar-refractivity contribution in [2.45, 2.75) is 5.75 Å². The highest BCUT2D eigenvalue weighted by molar-refractivity contribution is 7.88. The molecule has 92 valence electrons. The van der Waals surface area contributed by atoms with Gasteiger partial charge in [-0.15, -0.1) is 0 Å². The maximum atomic E-state index is 11.9. The quantitative estimate of drug-likeness (QED) is 0.817. The SMILES string of the molecule is NC(=O)C1CN(S(=O)(=O)Cc2ccccc2)C1. The van der Waals surface area contributed by atoms with Crippen LogP contribution in [0.2, 0.25) is 0 Å². The zero-order chi connectivity index (χ0) is 12.5. The van der Waals surface area contributed by atoms with Crippen molar-refractivity contribution in [3.05, 3.63) is 35.9 Å². The highest BCUT2D eigenvalue weighted by atomic mass is 32.2. The molecule has 0 radical (unpaired) electrons.